The van der Waals surface area contributed by atoms with Gasteiger partial charge >= 0.3 is 0 Å². The number of anilines is 1. The van der Waals surface area contributed by atoms with Gasteiger partial charge in [0.2, 0.25) is 0 Å². The average Bonchev–Trinajstić information content (AvgIpc) is 3.26. The molecule has 1 saturated heterocycles. The summed E-state index contributed by atoms with van der Waals surface area (Å²) in [5.74, 6) is 1.94. The zero-order valence-corrected chi connectivity index (χ0v) is 15.9. The number of carbonyl (C=O) groups excluding carboxylic acids is 1. The number of hydrogen-bond acceptors (Lipinski definition) is 6. The zero-order valence-electron chi connectivity index (χ0n) is 15.1. The third-order valence-electron chi connectivity index (χ3n) is 7.08. The van der Waals surface area contributed by atoms with Crippen LogP contribution >= 0.6 is 11.3 Å². The lowest BCUT2D eigenvalue weighted by Gasteiger charge is -2.55. The van der Waals surface area contributed by atoms with E-state index in [-0.39, 0.29) is 18.2 Å². The maximum Gasteiger partial charge on any atom is 0.277 e. The predicted molar refractivity (Wildman–Crippen MR) is 102 cm³/mol. The van der Waals surface area contributed by atoms with E-state index >= 15 is 0 Å². The Morgan fingerprint density at radius 1 is 1.19 bits per heavy atom. The first-order valence-corrected chi connectivity index (χ1v) is 10.9. The molecule has 138 valence electrons. The van der Waals surface area contributed by atoms with Gasteiger partial charge in [0.1, 0.15) is 23.7 Å². The Bertz CT molecular complexity index is 804. The van der Waals surface area contributed by atoms with E-state index in [0.29, 0.717) is 11.8 Å². The lowest BCUT2D eigenvalue weighted by molar-refractivity contribution is -0.103. The van der Waals surface area contributed by atoms with Crippen molar-refractivity contribution in [2.45, 2.75) is 64.2 Å². The fraction of sp³-hybridized carbons (Fsp3) is 0.684. The molecule has 1 aromatic rings. The predicted octanol–water partition coefficient (Wildman–Crippen LogP) is 2.98. The molecule has 7 heteroatoms. The van der Waals surface area contributed by atoms with Crippen molar-refractivity contribution in [2.75, 3.05) is 5.32 Å². The molecule has 1 saturated carbocycles. The van der Waals surface area contributed by atoms with Gasteiger partial charge in [0.05, 0.1) is 5.56 Å². The van der Waals surface area contributed by atoms with E-state index in [9.17, 15) is 4.79 Å². The molecular weight excluding hydrogens is 346 g/mol. The van der Waals surface area contributed by atoms with Gasteiger partial charge in [-0.15, -0.1) is 11.3 Å². The lowest BCUT2D eigenvalue weighted by Crippen LogP contribution is -2.70. The highest BCUT2D eigenvalue weighted by Crippen LogP contribution is 2.49. The maximum absolute atomic E-state index is 13.6. The summed E-state index contributed by atoms with van der Waals surface area (Å²) in [7, 11) is 0. The van der Waals surface area contributed by atoms with E-state index in [0.717, 1.165) is 29.3 Å². The summed E-state index contributed by atoms with van der Waals surface area (Å²) in [5.41, 5.74) is 5.53. The quantitative estimate of drug-likeness (QED) is 0.736. The highest BCUT2D eigenvalue weighted by molar-refractivity contribution is 7.16. The van der Waals surface area contributed by atoms with Gasteiger partial charge in [0.25, 0.3) is 5.91 Å². The second kappa shape index (κ2) is 5.38. The molecule has 5 aliphatic rings. The number of hydrazine groups is 1. The van der Waals surface area contributed by atoms with E-state index in [1.807, 2.05) is 22.7 Å². The van der Waals surface area contributed by atoms with Crippen molar-refractivity contribution in [2.24, 2.45) is 22.9 Å². The van der Waals surface area contributed by atoms with Gasteiger partial charge < -0.3 is 5.32 Å². The molecule has 2 N–H and O–H groups in total. The van der Waals surface area contributed by atoms with Crippen molar-refractivity contribution >= 4 is 28.6 Å². The smallest absolute Gasteiger partial charge is 0.277 e. The summed E-state index contributed by atoms with van der Waals surface area (Å²) in [6.45, 7) is 2.32. The summed E-state index contributed by atoms with van der Waals surface area (Å²) >= 11 is 1.84. The number of carbonyl (C=O) groups is 1. The Balaban J connectivity index is 1.45. The Labute approximate surface area is 157 Å². The van der Waals surface area contributed by atoms with Crippen LogP contribution in [0.4, 0.5) is 5.00 Å². The van der Waals surface area contributed by atoms with E-state index in [4.69, 9.17) is 0 Å². The molecule has 0 aromatic carbocycles. The summed E-state index contributed by atoms with van der Waals surface area (Å²) in [6, 6.07) is 0. The van der Waals surface area contributed by atoms with Crippen LogP contribution in [0.5, 0.6) is 0 Å². The maximum atomic E-state index is 13.6. The molecule has 6 nitrogen and oxygen atoms in total. The third-order valence-corrected chi connectivity index (χ3v) is 8.26. The Kier molecular flexibility index (Phi) is 3.17. The first kappa shape index (κ1) is 15.3. The fourth-order valence-electron chi connectivity index (χ4n) is 5.81. The molecule has 4 heterocycles. The van der Waals surface area contributed by atoms with Crippen molar-refractivity contribution in [3.8, 4) is 0 Å². The van der Waals surface area contributed by atoms with Crippen LogP contribution in [0.15, 0.2) is 5.10 Å². The summed E-state index contributed by atoms with van der Waals surface area (Å²) in [4.78, 5) is 15.1. The van der Waals surface area contributed by atoms with Crippen LogP contribution in [-0.2, 0) is 12.8 Å². The van der Waals surface area contributed by atoms with Crippen LogP contribution < -0.4 is 10.7 Å². The third kappa shape index (κ3) is 1.92. The average molecular weight is 372 g/mol. The highest BCUT2D eigenvalue weighted by Gasteiger charge is 2.54. The molecule has 1 aromatic heterocycles. The van der Waals surface area contributed by atoms with Crippen LogP contribution in [-0.4, -0.2) is 34.6 Å². The van der Waals surface area contributed by atoms with Crippen molar-refractivity contribution in [1.29, 1.82) is 0 Å². The van der Waals surface area contributed by atoms with E-state index < -0.39 is 0 Å². The second-order valence-electron chi connectivity index (χ2n) is 8.61. The topological polar surface area (TPSA) is 60.0 Å². The van der Waals surface area contributed by atoms with Crippen LogP contribution in [0, 0.1) is 17.8 Å². The molecule has 2 aliphatic carbocycles. The zero-order chi connectivity index (χ0) is 17.4. The molecule has 3 aliphatic heterocycles. The first-order valence-electron chi connectivity index (χ1n) is 10.0. The van der Waals surface area contributed by atoms with E-state index in [2.05, 4.69) is 27.8 Å². The molecular formula is C19H25N5OS. The minimum absolute atomic E-state index is 0.0698. The minimum Gasteiger partial charge on any atom is -0.354 e. The normalized spacial score (nSPS) is 37.1. The molecule has 0 radical (unpaired) electrons. The van der Waals surface area contributed by atoms with Crippen molar-refractivity contribution < 1.29 is 4.79 Å². The van der Waals surface area contributed by atoms with Crippen molar-refractivity contribution in [3.05, 3.63) is 16.0 Å². The van der Waals surface area contributed by atoms with Gasteiger partial charge in [0.15, 0.2) is 0 Å². The molecule has 0 spiro atoms. The summed E-state index contributed by atoms with van der Waals surface area (Å²) in [5, 5.41) is 13.3. The number of amides is 1. The van der Waals surface area contributed by atoms with Gasteiger partial charge in [0, 0.05) is 16.7 Å². The standard InChI is InChI=1S/C19H25N5OS/c1-10-6-7-13-14(8-10)26-18-15(13)19(25)24-16(21-18)11-4-2-3-5-12(11)17-22-20-9-23(17)24/h9-12,16-17,21-22H,2-8H2,1H3/t10-,11?,12?,16?,17?/m0/s1. The largest absolute Gasteiger partial charge is 0.354 e. The number of thiophene rings is 1. The number of hydrazone groups is 1. The monoisotopic (exact) mass is 371 g/mol. The highest BCUT2D eigenvalue weighted by atomic mass is 32.1. The molecule has 5 atom stereocenters. The molecule has 6 rings (SSSR count). The van der Waals surface area contributed by atoms with Crippen molar-refractivity contribution in [1.82, 2.24) is 15.4 Å². The molecule has 26 heavy (non-hydrogen) atoms. The second-order valence-corrected chi connectivity index (χ2v) is 9.71. The summed E-state index contributed by atoms with van der Waals surface area (Å²) < 4.78 is 0. The van der Waals surface area contributed by atoms with Crippen LogP contribution in [0.1, 0.15) is 59.8 Å². The number of nitrogens with one attached hydrogen (secondary N) is 2. The number of nitrogens with zero attached hydrogens (tertiary/aromatic N) is 3. The van der Waals surface area contributed by atoms with Gasteiger partial charge in [-0.05, 0) is 43.6 Å². The number of fused-ring (bicyclic) bond motifs is 9. The molecule has 1 amide bonds. The fourth-order valence-corrected chi connectivity index (χ4v) is 7.24. The van der Waals surface area contributed by atoms with Crippen LogP contribution in [0.25, 0.3) is 0 Å². The Morgan fingerprint density at radius 2 is 2.00 bits per heavy atom. The Hall–Kier alpha value is -1.76. The molecule has 2 fully saturated rings. The molecule has 4 unspecified atom stereocenters. The van der Waals surface area contributed by atoms with Gasteiger partial charge in [-0.2, -0.15) is 5.10 Å². The van der Waals surface area contributed by atoms with Crippen LogP contribution in [0.3, 0.4) is 0 Å². The van der Waals surface area contributed by atoms with Gasteiger partial charge in [-0.1, -0.05) is 19.8 Å². The van der Waals surface area contributed by atoms with Gasteiger partial charge in [-0.3, -0.25) is 10.2 Å². The van der Waals surface area contributed by atoms with E-state index in [1.165, 1.54) is 42.5 Å². The van der Waals surface area contributed by atoms with Crippen LogP contribution in [0.2, 0.25) is 0 Å². The van der Waals surface area contributed by atoms with E-state index in [1.54, 1.807) is 0 Å². The Morgan fingerprint density at radius 3 is 2.85 bits per heavy atom. The molecule has 0 bridgehead atoms. The SMILES string of the molecule is C[C@H]1CCc2c(sc3c2C(=O)N2C(N3)C3CCCCC3C3NN=CN32)C1. The van der Waals surface area contributed by atoms with Crippen molar-refractivity contribution in [3.63, 3.8) is 0 Å². The number of hydrogen-bond donors (Lipinski definition) is 2. The van der Waals surface area contributed by atoms with Gasteiger partial charge in [-0.25, -0.2) is 10.0 Å². The summed E-state index contributed by atoms with van der Waals surface area (Å²) in [6.07, 6.45) is 10.3. The first-order chi connectivity index (χ1) is 12.7. The number of rotatable bonds is 0. The lowest BCUT2D eigenvalue weighted by atomic mass is 9.73. The minimum atomic E-state index is 0.0698.